The number of primary sulfonamides is 1. The van der Waals surface area contributed by atoms with Crippen LogP contribution in [0.3, 0.4) is 0 Å². The number of nitriles is 1. The van der Waals surface area contributed by atoms with Gasteiger partial charge in [0, 0.05) is 12.1 Å². The molecule has 1 aromatic heterocycles. The van der Waals surface area contributed by atoms with E-state index in [-0.39, 0.29) is 11.3 Å². The first-order valence-corrected chi connectivity index (χ1v) is 6.89. The van der Waals surface area contributed by atoms with E-state index in [1.165, 1.54) is 6.92 Å². The molecule has 21 heavy (non-hydrogen) atoms. The first kappa shape index (κ1) is 15.0. The summed E-state index contributed by atoms with van der Waals surface area (Å²) in [4.78, 5) is 0. The largest absolute Gasteiger partial charge is 0.257 e. The second kappa shape index (κ2) is 4.87. The van der Waals surface area contributed by atoms with Gasteiger partial charge in [-0.25, -0.2) is 31.4 Å². The quantitative estimate of drug-likeness (QED) is 0.839. The first-order valence-electron chi connectivity index (χ1n) is 5.34. The monoisotopic (exact) mass is 316 g/mol. The number of halogens is 3. The molecule has 0 saturated heterocycles. The zero-order valence-corrected chi connectivity index (χ0v) is 11.2. The average Bonchev–Trinajstić information content (AvgIpc) is 2.72. The van der Waals surface area contributed by atoms with Crippen molar-refractivity contribution in [2.45, 2.75) is 11.9 Å². The molecule has 0 unspecified atom stereocenters. The lowest BCUT2D eigenvalue weighted by Crippen LogP contribution is -2.18. The number of hydrogen-bond donors (Lipinski definition) is 1. The van der Waals surface area contributed by atoms with Crippen LogP contribution in [0.2, 0.25) is 0 Å². The summed E-state index contributed by atoms with van der Waals surface area (Å²) in [7, 11) is -4.40. The zero-order valence-electron chi connectivity index (χ0n) is 10.4. The first-order chi connectivity index (χ1) is 9.66. The molecular weight excluding hydrogens is 309 g/mol. The van der Waals surface area contributed by atoms with Crippen molar-refractivity contribution in [1.29, 1.82) is 5.26 Å². The van der Waals surface area contributed by atoms with Gasteiger partial charge in [0.2, 0.25) is 0 Å². The summed E-state index contributed by atoms with van der Waals surface area (Å²) in [6, 6.07) is 2.68. The minimum absolute atomic E-state index is 0.00772. The summed E-state index contributed by atoms with van der Waals surface area (Å²) < 4.78 is 63.1. The van der Waals surface area contributed by atoms with Crippen molar-refractivity contribution in [3.8, 4) is 11.8 Å². The van der Waals surface area contributed by atoms with Gasteiger partial charge in [-0.3, -0.25) is 0 Å². The topological polar surface area (TPSA) is 102 Å². The van der Waals surface area contributed by atoms with Crippen LogP contribution in [-0.4, -0.2) is 18.2 Å². The van der Waals surface area contributed by atoms with Crippen molar-refractivity contribution in [3.63, 3.8) is 0 Å². The normalized spacial score (nSPS) is 11.4. The van der Waals surface area contributed by atoms with E-state index in [1.54, 1.807) is 6.07 Å². The van der Waals surface area contributed by atoms with E-state index in [2.05, 4.69) is 5.10 Å². The van der Waals surface area contributed by atoms with Gasteiger partial charge in [0.05, 0.1) is 11.4 Å². The SMILES string of the molecule is Cc1nn(-c2cc(F)c(F)c(F)c2)c(S(N)(=O)=O)c1C#N. The number of aromatic nitrogens is 2. The van der Waals surface area contributed by atoms with E-state index < -0.39 is 38.2 Å². The molecule has 0 spiro atoms. The van der Waals surface area contributed by atoms with E-state index in [4.69, 9.17) is 10.4 Å². The van der Waals surface area contributed by atoms with Gasteiger partial charge in [-0.05, 0) is 6.92 Å². The molecule has 6 nitrogen and oxygen atoms in total. The average molecular weight is 316 g/mol. The maximum Gasteiger partial charge on any atom is 0.257 e. The van der Waals surface area contributed by atoms with Gasteiger partial charge in [-0.15, -0.1) is 0 Å². The Balaban J connectivity index is 2.86. The third-order valence-electron chi connectivity index (χ3n) is 2.61. The van der Waals surface area contributed by atoms with Gasteiger partial charge in [0.25, 0.3) is 10.0 Å². The van der Waals surface area contributed by atoms with Gasteiger partial charge in [-0.2, -0.15) is 10.4 Å². The van der Waals surface area contributed by atoms with Gasteiger partial charge < -0.3 is 0 Å². The fourth-order valence-corrected chi connectivity index (χ4v) is 2.60. The lowest BCUT2D eigenvalue weighted by Gasteiger charge is -2.07. The molecule has 1 heterocycles. The summed E-state index contributed by atoms with van der Waals surface area (Å²) in [5.41, 5.74) is -0.783. The second-order valence-corrected chi connectivity index (χ2v) is 5.53. The zero-order chi connectivity index (χ0) is 15.9. The maximum atomic E-state index is 13.2. The Hall–Kier alpha value is -2.38. The fourth-order valence-electron chi connectivity index (χ4n) is 1.74. The van der Waals surface area contributed by atoms with Crippen molar-refractivity contribution in [2.75, 3.05) is 0 Å². The number of aryl methyl sites for hydroxylation is 1. The Labute approximate surface area is 117 Å². The molecule has 2 N–H and O–H groups in total. The molecule has 0 bridgehead atoms. The predicted octanol–water partition coefficient (Wildman–Crippen LogP) is 1.12. The molecule has 2 rings (SSSR count). The van der Waals surface area contributed by atoms with Crippen LogP contribution in [0.5, 0.6) is 0 Å². The summed E-state index contributed by atoms with van der Waals surface area (Å²) in [6.45, 7) is 1.32. The number of nitrogens with two attached hydrogens (primary N) is 1. The van der Waals surface area contributed by atoms with E-state index in [1.807, 2.05) is 0 Å². The number of hydrogen-bond acceptors (Lipinski definition) is 4. The van der Waals surface area contributed by atoms with Gasteiger partial charge in [0.1, 0.15) is 11.6 Å². The van der Waals surface area contributed by atoms with Crippen LogP contribution >= 0.6 is 0 Å². The highest BCUT2D eigenvalue weighted by Gasteiger charge is 2.26. The summed E-state index contributed by atoms with van der Waals surface area (Å²) in [6.07, 6.45) is 0. The molecule has 0 atom stereocenters. The molecule has 0 fully saturated rings. The van der Waals surface area contributed by atoms with Crippen molar-refractivity contribution in [1.82, 2.24) is 9.78 Å². The Morgan fingerprint density at radius 1 is 1.29 bits per heavy atom. The van der Waals surface area contributed by atoms with Crippen LogP contribution in [0.25, 0.3) is 5.69 Å². The fraction of sp³-hybridized carbons (Fsp3) is 0.0909. The second-order valence-electron chi connectivity index (χ2n) is 4.06. The molecule has 1 aromatic carbocycles. The molecule has 0 aliphatic rings. The Morgan fingerprint density at radius 3 is 2.24 bits per heavy atom. The summed E-state index contributed by atoms with van der Waals surface area (Å²) in [5, 5.41) is 16.9. The van der Waals surface area contributed by atoms with Crippen molar-refractivity contribution in [3.05, 3.63) is 40.8 Å². The molecular formula is C11H7F3N4O2S. The van der Waals surface area contributed by atoms with E-state index in [9.17, 15) is 21.6 Å². The maximum absolute atomic E-state index is 13.2. The van der Waals surface area contributed by atoms with Gasteiger partial charge in [0.15, 0.2) is 22.5 Å². The summed E-state index contributed by atoms with van der Waals surface area (Å²) in [5.74, 6) is -4.77. The summed E-state index contributed by atoms with van der Waals surface area (Å²) >= 11 is 0. The third-order valence-corrected chi connectivity index (χ3v) is 3.53. The number of rotatable bonds is 2. The molecule has 10 heteroatoms. The number of sulfonamides is 1. The Kier molecular flexibility index (Phi) is 3.48. The van der Waals surface area contributed by atoms with Crippen molar-refractivity contribution in [2.24, 2.45) is 5.14 Å². The van der Waals surface area contributed by atoms with Crippen LogP contribution < -0.4 is 5.14 Å². The molecule has 0 aliphatic heterocycles. The van der Waals surface area contributed by atoms with Crippen LogP contribution in [0.4, 0.5) is 13.2 Å². The third kappa shape index (κ3) is 2.48. The van der Waals surface area contributed by atoms with E-state index in [0.29, 0.717) is 16.8 Å². The molecule has 0 saturated carbocycles. The van der Waals surface area contributed by atoms with Crippen LogP contribution in [-0.2, 0) is 10.0 Å². The smallest absolute Gasteiger partial charge is 0.223 e. The minimum Gasteiger partial charge on any atom is -0.223 e. The highest BCUT2D eigenvalue weighted by molar-refractivity contribution is 7.89. The molecule has 0 aliphatic carbocycles. The highest BCUT2D eigenvalue weighted by Crippen LogP contribution is 2.23. The molecule has 0 amide bonds. The van der Waals surface area contributed by atoms with Crippen molar-refractivity contribution < 1.29 is 21.6 Å². The number of nitrogens with zero attached hydrogens (tertiary/aromatic N) is 3. The van der Waals surface area contributed by atoms with E-state index >= 15 is 0 Å². The molecule has 0 radical (unpaired) electrons. The Bertz CT molecular complexity index is 861. The lowest BCUT2D eigenvalue weighted by atomic mass is 10.3. The van der Waals surface area contributed by atoms with Crippen molar-refractivity contribution >= 4 is 10.0 Å². The van der Waals surface area contributed by atoms with Gasteiger partial charge >= 0.3 is 0 Å². The number of benzene rings is 1. The van der Waals surface area contributed by atoms with E-state index in [0.717, 1.165) is 0 Å². The standard InChI is InChI=1S/C11H7F3N4O2S/c1-5-7(4-15)11(21(16,19)20)18(17-5)6-2-8(12)10(14)9(13)3-6/h2-3H,1H3,(H2,16,19,20). The highest BCUT2D eigenvalue weighted by atomic mass is 32.2. The van der Waals surface area contributed by atoms with Gasteiger partial charge in [-0.1, -0.05) is 0 Å². The molecule has 110 valence electrons. The van der Waals surface area contributed by atoms with Crippen LogP contribution in [0.15, 0.2) is 17.2 Å². The minimum atomic E-state index is -4.40. The predicted molar refractivity (Wildman–Crippen MR) is 64.3 cm³/mol. The van der Waals surface area contributed by atoms with Crippen LogP contribution in [0.1, 0.15) is 11.3 Å². The lowest BCUT2D eigenvalue weighted by molar-refractivity contribution is 0.445. The molecule has 2 aromatic rings. The Morgan fingerprint density at radius 2 is 1.81 bits per heavy atom. The van der Waals surface area contributed by atoms with Crippen LogP contribution in [0, 0.1) is 35.7 Å².